The SMILES string of the molecule is CC(C)[Si](O)(C(C)C)C(F)(F)OC(=O)c1ccc(F)c(F)c1F. The van der Waals surface area contributed by atoms with Crippen LogP contribution in [0, 0.1) is 17.5 Å². The van der Waals surface area contributed by atoms with Crippen LogP contribution in [0.15, 0.2) is 12.1 Å². The Morgan fingerprint density at radius 1 is 1.09 bits per heavy atom. The lowest BCUT2D eigenvalue weighted by atomic mass is 10.2. The van der Waals surface area contributed by atoms with Crippen LogP contribution in [0.3, 0.4) is 0 Å². The van der Waals surface area contributed by atoms with E-state index in [1.165, 1.54) is 27.7 Å². The second kappa shape index (κ2) is 6.56. The van der Waals surface area contributed by atoms with Gasteiger partial charge in [0.15, 0.2) is 17.5 Å². The van der Waals surface area contributed by atoms with Gasteiger partial charge < -0.3 is 9.53 Å². The van der Waals surface area contributed by atoms with Crippen molar-refractivity contribution in [1.82, 2.24) is 0 Å². The third-order valence-corrected chi connectivity index (χ3v) is 8.26. The molecule has 1 aromatic carbocycles. The van der Waals surface area contributed by atoms with E-state index >= 15 is 0 Å². The van der Waals surface area contributed by atoms with Crippen molar-refractivity contribution >= 4 is 14.3 Å². The van der Waals surface area contributed by atoms with Crippen molar-refractivity contribution in [2.45, 2.75) is 44.5 Å². The highest BCUT2D eigenvalue weighted by atomic mass is 28.4. The Labute approximate surface area is 131 Å². The summed E-state index contributed by atoms with van der Waals surface area (Å²) in [4.78, 5) is 22.1. The Hall–Kier alpha value is -1.48. The first kappa shape index (κ1) is 19.6. The number of carbonyl (C=O) groups excluding carboxylic acids is 1. The highest BCUT2D eigenvalue weighted by molar-refractivity contribution is 6.77. The largest absolute Gasteiger partial charge is 0.423 e. The van der Waals surface area contributed by atoms with Crippen molar-refractivity contribution in [2.75, 3.05) is 0 Å². The lowest BCUT2D eigenvalue weighted by Crippen LogP contribution is -2.60. The predicted octanol–water partition coefficient (Wildman–Crippen LogP) is 4.15. The summed E-state index contributed by atoms with van der Waals surface area (Å²) < 4.78 is 72.0. The van der Waals surface area contributed by atoms with Crippen molar-refractivity contribution < 1.29 is 36.3 Å². The number of hydrogen-bond donors (Lipinski definition) is 1. The van der Waals surface area contributed by atoms with Gasteiger partial charge in [0.1, 0.15) is 0 Å². The van der Waals surface area contributed by atoms with Crippen LogP contribution >= 0.6 is 0 Å². The van der Waals surface area contributed by atoms with Crippen molar-refractivity contribution in [2.24, 2.45) is 0 Å². The second-order valence-corrected chi connectivity index (χ2v) is 10.3. The van der Waals surface area contributed by atoms with Crippen molar-refractivity contribution in [3.8, 4) is 0 Å². The molecule has 0 heterocycles. The van der Waals surface area contributed by atoms with Crippen LogP contribution in [-0.2, 0) is 4.74 Å². The van der Waals surface area contributed by atoms with Gasteiger partial charge in [-0.05, 0) is 23.2 Å². The van der Waals surface area contributed by atoms with Crippen LogP contribution in [0.5, 0.6) is 0 Å². The lowest BCUT2D eigenvalue weighted by Gasteiger charge is -2.37. The molecule has 130 valence electrons. The van der Waals surface area contributed by atoms with E-state index in [-0.39, 0.29) is 0 Å². The third-order valence-electron chi connectivity index (χ3n) is 3.70. The molecule has 0 aliphatic rings. The number of hydrogen-bond acceptors (Lipinski definition) is 3. The monoisotopic (exact) mass is 356 g/mol. The Morgan fingerprint density at radius 2 is 1.57 bits per heavy atom. The minimum Gasteiger partial charge on any atom is -0.423 e. The average Bonchev–Trinajstić information content (AvgIpc) is 2.42. The van der Waals surface area contributed by atoms with Crippen LogP contribution < -0.4 is 0 Å². The van der Waals surface area contributed by atoms with E-state index < -0.39 is 54.1 Å². The molecule has 1 N–H and O–H groups in total. The molecule has 0 radical (unpaired) electrons. The summed E-state index contributed by atoms with van der Waals surface area (Å²) in [6.45, 7) is 5.41. The molecule has 1 rings (SSSR count). The lowest BCUT2D eigenvalue weighted by molar-refractivity contribution is -0.153. The Morgan fingerprint density at radius 3 is 2.00 bits per heavy atom. The fourth-order valence-corrected chi connectivity index (χ4v) is 5.21. The molecule has 0 bridgehead atoms. The van der Waals surface area contributed by atoms with Gasteiger partial charge in [-0.2, -0.15) is 8.78 Å². The first-order chi connectivity index (χ1) is 10.4. The number of alkyl halides is 2. The summed E-state index contributed by atoms with van der Waals surface area (Å²) in [6, 6.07) is 0.916. The number of benzene rings is 1. The highest BCUT2D eigenvalue weighted by Crippen LogP contribution is 2.43. The van der Waals surface area contributed by atoms with Gasteiger partial charge in [-0.3, -0.25) is 0 Å². The molecule has 9 heteroatoms. The third kappa shape index (κ3) is 3.40. The summed E-state index contributed by atoms with van der Waals surface area (Å²) in [5, 5.41) is 0. The molecule has 0 spiro atoms. The molecule has 0 unspecified atom stereocenters. The molecule has 0 amide bonds. The van der Waals surface area contributed by atoms with Crippen LogP contribution in [0.4, 0.5) is 22.0 Å². The first-order valence-electron chi connectivity index (χ1n) is 6.83. The standard InChI is InChI=1S/C14H17F5O3Si/c1-7(2)23(21,8(3)4)14(18,19)22-13(20)9-5-6-10(15)12(17)11(9)16/h5-8,21H,1-4H3. The molecule has 0 aliphatic carbocycles. The van der Waals surface area contributed by atoms with Gasteiger partial charge in [0.25, 0.3) is 0 Å². The molecule has 0 aliphatic heterocycles. The molecule has 0 aromatic heterocycles. The maximum atomic E-state index is 14.3. The molecule has 0 fully saturated rings. The van der Waals surface area contributed by atoms with Crippen molar-refractivity contribution in [3.05, 3.63) is 35.1 Å². The molecule has 0 saturated carbocycles. The summed E-state index contributed by atoms with van der Waals surface area (Å²) in [5.74, 6) is -7.34. The summed E-state index contributed by atoms with van der Waals surface area (Å²) in [5.41, 5.74) is -7.16. The second-order valence-electron chi connectivity index (χ2n) is 5.76. The summed E-state index contributed by atoms with van der Waals surface area (Å²) in [7, 11) is -4.44. The average molecular weight is 356 g/mol. The number of rotatable bonds is 5. The van der Waals surface area contributed by atoms with E-state index in [1.54, 1.807) is 0 Å². The zero-order chi connectivity index (χ0) is 18.2. The van der Waals surface area contributed by atoms with E-state index in [0.717, 1.165) is 0 Å². The fourth-order valence-electron chi connectivity index (χ4n) is 2.28. The number of ether oxygens (including phenoxy) is 1. The molecular formula is C14H17F5O3Si. The van der Waals surface area contributed by atoms with E-state index in [1.807, 2.05) is 0 Å². The zero-order valence-electron chi connectivity index (χ0n) is 13.0. The summed E-state index contributed by atoms with van der Waals surface area (Å²) >= 11 is 0. The Kier molecular flexibility index (Phi) is 5.58. The topological polar surface area (TPSA) is 46.5 Å². The molecule has 0 atom stereocenters. The van der Waals surface area contributed by atoms with E-state index in [9.17, 15) is 31.5 Å². The van der Waals surface area contributed by atoms with Gasteiger partial charge in [-0.1, -0.05) is 27.7 Å². The smallest absolute Gasteiger partial charge is 0.398 e. The minimum atomic E-state index is -4.44. The van der Waals surface area contributed by atoms with Crippen LogP contribution in [0.25, 0.3) is 0 Å². The number of halogens is 5. The van der Waals surface area contributed by atoms with Gasteiger partial charge >= 0.3 is 20.0 Å². The summed E-state index contributed by atoms with van der Waals surface area (Å²) in [6.07, 6.45) is 0. The van der Waals surface area contributed by atoms with Gasteiger partial charge in [0, 0.05) is 0 Å². The Bertz CT molecular complexity index is 596. The van der Waals surface area contributed by atoms with Crippen molar-refractivity contribution in [3.63, 3.8) is 0 Å². The van der Waals surface area contributed by atoms with Crippen LogP contribution in [-0.4, -0.2) is 24.8 Å². The van der Waals surface area contributed by atoms with Crippen LogP contribution in [0.2, 0.25) is 11.1 Å². The molecule has 1 aromatic rings. The van der Waals surface area contributed by atoms with Gasteiger partial charge in [-0.25, -0.2) is 18.0 Å². The molecule has 23 heavy (non-hydrogen) atoms. The number of esters is 1. The zero-order valence-corrected chi connectivity index (χ0v) is 14.0. The maximum Gasteiger partial charge on any atom is 0.398 e. The van der Waals surface area contributed by atoms with Crippen molar-refractivity contribution in [1.29, 1.82) is 0 Å². The Balaban J connectivity index is 3.20. The molecular weight excluding hydrogens is 339 g/mol. The normalized spacial score (nSPS) is 12.9. The minimum absolute atomic E-state index is 0.418. The quantitative estimate of drug-likeness (QED) is 0.373. The predicted molar refractivity (Wildman–Crippen MR) is 74.8 cm³/mol. The molecule has 3 nitrogen and oxygen atoms in total. The van der Waals surface area contributed by atoms with Gasteiger partial charge in [0.2, 0.25) is 0 Å². The van der Waals surface area contributed by atoms with E-state index in [4.69, 9.17) is 0 Å². The molecule has 0 saturated heterocycles. The van der Waals surface area contributed by atoms with E-state index in [2.05, 4.69) is 4.74 Å². The van der Waals surface area contributed by atoms with Gasteiger partial charge in [0.05, 0.1) is 5.56 Å². The highest BCUT2D eigenvalue weighted by Gasteiger charge is 2.63. The number of carbonyl (C=O) groups is 1. The van der Waals surface area contributed by atoms with Crippen LogP contribution in [0.1, 0.15) is 38.1 Å². The van der Waals surface area contributed by atoms with Gasteiger partial charge in [-0.15, -0.1) is 0 Å². The maximum absolute atomic E-state index is 14.3. The fraction of sp³-hybridized carbons (Fsp3) is 0.500. The first-order valence-corrected chi connectivity index (χ1v) is 8.93. The van der Waals surface area contributed by atoms with E-state index in [0.29, 0.717) is 12.1 Å².